The maximum atomic E-state index is 5.54. The normalized spacial score (nSPS) is 19.9. The van der Waals surface area contributed by atoms with Gasteiger partial charge in [-0.25, -0.2) is 0 Å². The molecule has 1 fully saturated rings. The Kier molecular flexibility index (Phi) is 7.00. The highest BCUT2D eigenvalue weighted by atomic mass is 32.2. The van der Waals surface area contributed by atoms with Crippen molar-refractivity contribution in [2.75, 3.05) is 39.0 Å². The topological polar surface area (TPSA) is 36.9 Å². The highest BCUT2D eigenvalue weighted by Crippen LogP contribution is 2.29. The first-order valence-electron chi connectivity index (χ1n) is 7.16. The van der Waals surface area contributed by atoms with Gasteiger partial charge in [0.1, 0.15) is 0 Å². The zero-order valence-electron chi connectivity index (χ0n) is 13.0. The standard InChI is InChI=1S/C14H29N3OS/c1-12(2)18-9-6-7-16-13(15-5)17-8-10-19-14(3,4)11-17/h12H,6-11H2,1-5H3,(H,15,16). The second-order valence-electron chi connectivity index (χ2n) is 5.78. The summed E-state index contributed by atoms with van der Waals surface area (Å²) in [5.41, 5.74) is 0. The van der Waals surface area contributed by atoms with E-state index in [4.69, 9.17) is 4.74 Å². The molecule has 1 aliphatic heterocycles. The van der Waals surface area contributed by atoms with Gasteiger partial charge >= 0.3 is 0 Å². The number of rotatable bonds is 5. The Balaban J connectivity index is 2.29. The highest BCUT2D eigenvalue weighted by molar-refractivity contribution is 8.00. The Hall–Kier alpha value is -0.420. The van der Waals surface area contributed by atoms with Crippen LogP contribution in [0.1, 0.15) is 34.1 Å². The van der Waals surface area contributed by atoms with Crippen LogP contribution in [0.4, 0.5) is 0 Å². The van der Waals surface area contributed by atoms with Gasteiger partial charge in [0.05, 0.1) is 6.10 Å². The molecule has 0 bridgehead atoms. The van der Waals surface area contributed by atoms with Crippen molar-refractivity contribution >= 4 is 17.7 Å². The van der Waals surface area contributed by atoms with Crippen molar-refractivity contribution in [3.63, 3.8) is 0 Å². The minimum atomic E-state index is 0.316. The van der Waals surface area contributed by atoms with Crippen LogP contribution >= 0.6 is 11.8 Å². The minimum Gasteiger partial charge on any atom is -0.379 e. The molecular weight excluding hydrogens is 258 g/mol. The highest BCUT2D eigenvalue weighted by Gasteiger charge is 2.28. The van der Waals surface area contributed by atoms with E-state index >= 15 is 0 Å². The molecule has 0 spiro atoms. The molecule has 112 valence electrons. The van der Waals surface area contributed by atoms with Gasteiger partial charge < -0.3 is 15.0 Å². The van der Waals surface area contributed by atoms with Gasteiger partial charge in [-0.1, -0.05) is 0 Å². The van der Waals surface area contributed by atoms with Gasteiger partial charge in [-0.3, -0.25) is 4.99 Å². The van der Waals surface area contributed by atoms with Crippen LogP contribution in [0.25, 0.3) is 0 Å². The molecule has 19 heavy (non-hydrogen) atoms. The molecule has 1 aliphatic rings. The van der Waals surface area contributed by atoms with Crippen LogP contribution in [0.15, 0.2) is 4.99 Å². The third kappa shape index (κ3) is 6.52. The molecular formula is C14H29N3OS. The summed E-state index contributed by atoms with van der Waals surface area (Å²) in [7, 11) is 1.86. The summed E-state index contributed by atoms with van der Waals surface area (Å²) in [6, 6.07) is 0. The quantitative estimate of drug-likeness (QED) is 0.478. The first kappa shape index (κ1) is 16.6. The van der Waals surface area contributed by atoms with Crippen LogP contribution in [0, 0.1) is 0 Å². The van der Waals surface area contributed by atoms with Gasteiger partial charge in [0.2, 0.25) is 0 Å². The predicted molar refractivity (Wildman–Crippen MR) is 85.2 cm³/mol. The Morgan fingerprint density at radius 3 is 2.79 bits per heavy atom. The lowest BCUT2D eigenvalue weighted by atomic mass is 10.2. The smallest absolute Gasteiger partial charge is 0.193 e. The van der Waals surface area contributed by atoms with Crippen LogP contribution in [0.2, 0.25) is 0 Å². The van der Waals surface area contributed by atoms with E-state index in [-0.39, 0.29) is 0 Å². The van der Waals surface area contributed by atoms with Gasteiger partial charge in [-0.05, 0) is 34.1 Å². The molecule has 0 aliphatic carbocycles. The second kappa shape index (κ2) is 8.00. The zero-order chi connectivity index (χ0) is 14.3. The molecule has 1 heterocycles. The molecule has 4 nitrogen and oxygen atoms in total. The number of nitrogens with zero attached hydrogens (tertiary/aromatic N) is 2. The zero-order valence-corrected chi connectivity index (χ0v) is 13.8. The number of guanidine groups is 1. The summed E-state index contributed by atoms with van der Waals surface area (Å²) < 4.78 is 5.86. The Bertz CT molecular complexity index is 292. The lowest BCUT2D eigenvalue weighted by Gasteiger charge is -2.39. The Morgan fingerprint density at radius 2 is 2.21 bits per heavy atom. The van der Waals surface area contributed by atoms with Crippen LogP contribution < -0.4 is 5.32 Å². The van der Waals surface area contributed by atoms with Gasteiger partial charge in [0, 0.05) is 43.8 Å². The predicted octanol–water partition coefficient (Wildman–Crippen LogP) is 2.20. The van der Waals surface area contributed by atoms with Crippen molar-refractivity contribution in [2.24, 2.45) is 4.99 Å². The molecule has 5 heteroatoms. The van der Waals surface area contributed by atoms with E-state index in [0.29, 0.717) is 10.9 Å². The first-order chi connectivity index (χ1) is 8.94. The number of hydrogen-bond acceptors (Lipinski definition) is 3. The molecule has 0 aromatic rings. The van der Waals surface area contributed by atoms with E-state index in [1.807, 2.05) is 18.8 Å². The van der Waals surface area contributed by atoms with Gasteiger partial charge in [-0.15, -0.1) is 0 Å². The molecule has 0 saturated carbocycles. The van der Waals surface area contributed by atoms with Gasteiger partial charge in [0.15, 0.2) is 5.96 Å². The fourth-order valence-electron chi connectivity index (χ4n) is 2.12. The third-order valence-corrected chi connectivity index (χ3v) is 4.29. The average molecular weight is 287 g/mol. The largest absolute Gasteiger partial charge is 0.379 e. The Morgan fingerprint density at radius 1 is 1.47 bits per heavy atom. The number of aliphatic imine (C=N–C) groups is 1. The summed E-state index contributed by atoms with van der Waals surface area (Å²) in [6.45, 7) is 12.6. The fourth-order valence-corrected chi connectivity index (χ4v) is 3.23. The number of thioether (sulfide) groups is 1. The number of hydrogen-bond donors (Lipinski definition) is 1. The van der Waals surface area contributed by atoms with Crippen LogP contribution in [-0.2, 0) is 4.74 Å². The summed E-state index contributed by atoms with van der Waals surface area (Å²) in [6.07, 6.45) is 1.34. The molecule has 1 N–H and O–H groups in total. The van der Waals surface area contributed by atoms with E-state index in [9.17, 15) is 0 Å². The second-order valence-corrected chi connectivity index (χ2v) is 7.58. The van der Waals surface area contributed by atoms with E-state index in [1.165, 1.54) is 5.75 Å². The maximum Gasteiger partial charge on any atom is 0.193 e. The average Bonchev–Trinajstić information content (AvgIpc) is 2.32. The van der Waals surface area contributed by atoms with E-state index in [2.05, 4.69) is 42.9 Å². The first-order valence-corrected chi connectivity index (χ1v) is 8.14. The fraction of sp³-hybridized carbons (Fsp3) is 0.929. The SMILES string of the molecule is CN=C(NCCCOC(C)C)N1CCSC(C)(C)C1. The van der Waals surface area contributed by atoms with Crippen molar-refractivity contribution < 1.29 is 4.74 Å². The summed E-state index contributed by atoms with van der Waals surface area (Å²) >= 11 is 2.04. The van der Waals surface area contributed by atoms with Crippen molar-refractivity contribution in [3.8, 4) is 0 Å². The van der Waals surface area contributed by atoms with Gasteiger partial charge in [0.25, 0.3) is 0 Å². The third-order valence-electron chi connectivity index (χ3n) is 2.99. The molecule has 0 unspecified atom stereocenters. The number of nitrogens with one attached hydrogen (secondary N) is 1. The lowest BCUT2D eigenvalue weighted by Crippen LogP contribution is -2.51. The lowest BCUT2D eigenvalue weighted by molar-refractivity contribution is 0.0775. The number of ether oxygens (including phenoxy) is 1. The molecule has 0 aromatic carbocycles. The molecule has 1 rings (SSSR count). The summed E-state index contributed by atoms with van der Waals surface area (Å²) in [5, 5.41) is 3.44. The summed E-state index contributed by atoms with van der Waals surface area (Å²) in [5.74, 6) is 2.20. The van der Waals surface area contributed by atoms with E-state index in [0.717, 1.165) is 38.6 Å². The molecule has 1 saturated heterocycles. The molecule has 0 radical (unpaired) electrons. The minimum absolute atomic E-state index is 0.316. The van der Waals surface area contributed by atoms with E-state index in [1.54, 1.807) is 0 Å². The van der Waals surface area contributed by atoms with Crippen LogP contribution in [0.3, 0.4) is 0 Å². The molecule has 0 aromatic heterocycles. The van der Waals surface area contributed by atoms with E-state index < -0.39 is 0 Å². The van der Waals surface area contributed by atoms with Crippen molar-refractivity contribution in [2.45, 2.75) is 45.0 Å². The van der Waals surface area contributed by atoms with Crippen molar-refractivity contribution in [3.05, 3.63) is 0 Å². The van der Waals surface area contributed by atoms with Crippen LogP contribution in [-0.4, -0.2) is 60.8 Å². The molecule has 0 atom stereocenters. The van der Waals surface area contributed by atoms with Crippen molar-refractivity contribution in [1.29, 1.82) is 0 Å². The monoisotopic (exact) mass is 287 g/mol. The molecule has 0 amide bonds. The van der Waals surface area contributed by atoms with Gasteiger partial charge in [-0.2, -0.15) is 11.8 Å². The summed E-state index contributed by atoms with van der Waals surface area (Å²) in [4.78, 5) is 6.75. The van der Waals surface area contributed by atoms with Crippen LogP contribution in [0.5, 0.6) is 0 Å². The maximum absolute atomic E-state index is 5.54. The van der Waals surface area contributed by atoms with Crippen molar-refractivity contribution in [1.82, 2.24) is 10.2 Å². The Labute approximate surface area is 122 Å².